The molecule has 1 N–H and O–H groups in total. The van der Waals surface area contributed by atoms with E-state index >= 15 is 0 Å². The fraction of sp³-hybridized carbons (Fsp3) is 0.368. The lowest BCUT2D eigenvalue weighted by Gasteiger charge is -2.27. The number of rotatable bonds is 3. The Morgan fingerprint density at radius 2 is 1.96 bits per heavy atom. The molecule has 3 heterocycles. The summed E-state index contributed by atoms with van der Waals surface area (Å²) in [7, 11) is 0. The number of anilines is 1. The molecule has 4 unspecified atom stereocenters. The van der Waals surface area contributed by atoms with Crippen molar-refractivity contribution in [3.8, 4) is 0 Å². The van der Waals surface area contributed by atoms with Gasteiger partial charge in [0.25, 0.3) is 0 Å². The molecular weight excluding hydrogens is 359 g/mol. The molecule has 1 aromatic carbocycles. The summed E-state index contributed by atoms with van der Waals surface area (Å²) < 4.78 is 6.07. The Morgan fingerprint density at radius 3 is 2.72 bits per heavy atom. The number of aromatic nitrogens is 1. The lowest BCUT2D eigenvalue weighted by molar-refractivity contribution is -0.121. The molecule has 2 bridgehead atoms. The lowest BCUT2D eigenvalue weighted by Crippen LogP contribution is -2.36. The van der Waals surface area contributed by atoms with Crippen LogP contribution in [0.2, 0.25) is 10.0 Å². The molecule has 4 nitrogen and oxygen atoms in total. The SMILES string of the molecule is Cc1cc(C2C3CCC(O3)C2C(=O)Nc2ccc(Cl)c(Cl)c2)ccn1. The Kier molecular flexibility index (Phi) is 4.44. The third-order valence-electron chi connectivity index (χ3n) is 5.07. The standard InChI is InChI=1S/C19H18Cl2N2O2/c1-10-8-11(6-7-22-10)17-15-4-5-16(25-15)18(17)19(24)23-12-2-3-13(20)14(21)9-12/h2-3,6-9,15-18H,4-5H2,1H3,(H,23,24). The zero-order valence-corrected chi connectivity index (χ0v) is 15.2. The average molecular weight is 377 g/mol. The summed E-state index contributed by atoms with van der Waals surface area (Å²) in [6.07, 6.45) is 3.77. The number of pyridine rings is 1. The Morgan fingerprint density at radius 1 is 1.16 bits per heavy atom. The van der Waals surface area contributed by atoms with Crippen LogP contribution >= 0.6 is 23.2 Å². The van der Waals surface area contributed by atoms with Gasteiger partial charge < -0.3 is 10.1 Å². The first-order chi connectivity index (χ1) is 12.0. The van der Waals surface area contributed by atoms with E-state index in [9.17, 15) is 4.79 Å². The summed E-state index contributed by atoms with van der Waals surface area (Å²) in [5.74, 6) is -0.191. The van der Waals surface area contributed by atoms with Crippen molar-refractivity contribution in [3.63, 3.8) is 0 Å². The summed E-state index contributed by atoms with van der Waals surface area (Å²) in [5.41, 5.74) is 2.71. The number of benzene rings is 1. The first-order valence-electron chi connectivity index (χ1n) is 8.37. The molecular formula is C19H18Cl2N2O2. The van der Waals surface area contributed by atoms with E-state index in [1.54, 1.807) is 24.4 Å². The molecule has 0 aliphatic carbocycles. The second-order valence-corrected chi connectivity index (χ2v) is 7.50. The maximum atomic E-state index is 13.0. The van der Waals surface area contributed by atoms with Crippen molar-refractivity contribution >= 4 is 34.8 Å². The van der Waals surface area contributed by atoms with E-state index in [0.29, 0.717) is 15.7 Å². The van der Waals surface area contributed by atoms with Crippen molar-refractivity contribution in [2.75, 3.05) is 5.32 Å². The molecule has 2 saturated heterocycles. The van der Waals surface area contributed by atoms with Gasteiger partial charge in [0, 0.05) is 23.5 Å². The third kappa shape index (κ3) is 3.14. The molecule has 4 rings (SSSR count). The highest BCUT2D eigenvalue weighted by atomic mass is 35.5. The molecule has 1 amide bonds. The molecule has 0 spiro atoms. The van der Waals surface area contributed by atoms with Crippen molar-refractivity contribution in [1.29, 1.82) is 0 Å². The number of ether oxygens (including phenoxy) is 1. The number of halogens is 2. The highest BCUT2D eigenvalue weighted by Crippen LogP contribution is 2.49. The molecule has 4 atom stereocenters. The monoisotopic (exact) mass is 376 g/mol. The minimum Gasteiger partial charge on any atom is -0.373 e. The molecule has 2 aromatic rings. The topological polar surface area (TPSA) is 51.2 Å². The minimum atomic E-state index is -0.213. The third-order valence-corrected chi connectivity index (χ3v) is 5.81. The van der Waals surface area contributed by atoms with E-state index < -0.39 is 0 Å². The van der Waals surface area contributed by atoms with Gasteiger partial charge in [-0.15, -0.1) is 0 Å². The van der Waals surface area contributed by atoms with Gasteiger partial charge >= 0.3 is 0 Å². The van der Waals surface area contributed by atoms with Crippen LogP contribution in [-0.4, -0.2) is 23.1 Å². The van der Waals surface area contributed by atoms with Gasteiger partial charge in [0.2, 0.25) is 5.91 Å². The zero-order chi connectivity index (χ0) is 17.6. The molecule has 2 fully saturated rings. The van der Waals surface area contributed by atoms with Crippen LogP contribution in [0.4, 0.5) is 5.69 Å². The number of carbonyl (C=O) groups excluding carboxylic acids is 1. The Hall–Kier alpha value is -1.62. The number of nitrogens with one attached hydrogen (secondary N) is 1. The zero-order valence-electron chi connectivity index (χ0n) is 13.7. The van der Waals surface area contributed by atoms with Gasteiger partial charge in [0.1, 0.15) is 0 Å². The molecule has 130 valence electrons. The Balaban J connectivity index is 1.60. The Bertz CT molecular complexity index is 827. The lowest BCUT2D eigenvalue weighted by atomic mass is 9.75. The predicted molar refractivity (Wildman–Crippen MR) is 98.2 cm³/mol. The number of fused-ring (bicyclic) bond motifs is 2. The van der Waals surface area contributed by atoms with Crippen molar-refractivity contribution in [3.05, 3.63) is 57.8 Å². The normalized spacial score (nSPS) is 27.5. The van der Waals surface area contributed by atoms with Gasteiger partial charge in [-0.25, -0.2) is 0 Å². The van der Waals surface area contributed by atoms with Gasteiger partial charge in [-0.05, 0) is 55.7 Å². The molecule has 2 aliphatic heterocycles. The van der Waals surface area contributed by atoms with E-state index in [-0.39, 0.29) is 30.0 Å². The van der Waals surface area contributed by atoms with Crippen LogP contribution < -0.4 is 5.32 Å². The second kappa shape index (κ2) is 6.60. The summed E-state index contributed by atoms with van der Waals surface area (Å²) >= 11 is 12.0. The number of hydrogen-bond donors (Lipinski definition) is 1. The smallest absolute Gasteiger partial charge is 0.230 e. The molecule has 25 heavy (non-hydrogen) atoms. The maximum Gasteiger partial charge on any atom is 0.230 e. The van der Waals surface area contributed by atoms with Crippen LogP contribution in [0.15, 0.2) is 36.5 Å². The largest absolute Gasteiger partial charge is 0.373 e. The first-order valence-corrected chi connectivity index (χ1v) is 9.12. The van der Waals surface area contributed by atoms with E-state index in [1.165, 1.54) is 0 Å². The van der Waals surface area contributed by atoms with Crippen LogP contribution in [0, 0.1) is 12.8 Å². The van der Waals surface area contributed by atoms with Crippen molar-refractivity contribution in [2.24, 2.45) is 5.92 Å². The van der Waals surface area contributed by atoms with Gasteiger partial charge in [-0.2, -0.15) is 0 Å². The fourth-order valence-corrected chi connectivity index (χ4v) is 4.31. The molecule has 6 heteroatoms. The predicted octanol–water partition coefficient (Wildman–Crippen LogP) is 4.60. The van der Waals surface area contributed by atoms with Crippen LogP contribution in [0.25, 0.3) is 0 Å². The first kappa shape index (κ1) is 16.8. The van der Waals surface area contributed by atoms with E-state index in [1.807, 2.05) is 19.1 Å². The fourth-order valence-electron chi connectivity index (χ4n) is 4.01. The van der Waals surface area contributed by atoms with Crippen LogP contribution in [0.3, 0.4) is 0 Å². The van der Waals surface area contributed by atoms with Crippen molar-refractivity contribution in [1.82, 2.24) is 4.98 Å². The molecule has 0 radical (unpaired) electrons. The van der Waals surface area contributed by atoms with Crippen LogP contribution in [0.1, 0.15) is 30.0 Å². The number of aryl methyl sites for hydroxylation is 1. The number of amides is 1. The summed E-state index contributed by atoms with van der Waals surface area (Å²) in [6, 6.07) is 9.14. The van der Waals surface area contributed by atoms with E-state index in [4.69, 9.17) is 27.9 Å². The van der Waals surface area contributed by atoms with Crippen molar-refractivity contribution in [2.45, 2.75) is 37.9 Å². The van der Waals surface area contributed by atoms with Crippen LogP contribution in [0.5, 0.6) is 0 Å². The van der Waals surface area contributed by atoms with Crippen LogP contribution in [-0.2, 0) is 9.53 Å². The van der Waals surface area contributed by atoms with E-state index in [2.05, 4.69) is 10.3 Å². The highest BCUT2D eigenvalue weighted by Gasteiger charge is 2.52. The van der Waals surface area contributed by atoms with Gasteiger partial charge in [0.15, 0.2) is 0 Å². The molecule has 1 aromatic heterocycles. The summed E-state index contributed by atoms with van der Waals surface area (Å²) in [6.45, 7) is 1.96. The second-order valence-electron chi connectivity index (χ2n) is 6.69. The maximum absolute atomic E-state index is 13.0. The number of nitrogens with zero attached hydrogens (tertiary/aromatic N) is 1. The number of hydrogen-bond acceptors (Lipinski definition) is 3. The number of carbonyl (C=O) groups is 1. The minimum absolute atomic E-state index is 0.0359. The summed E-state index contributed by atoms with van der Waals surface area (Å²) in [5, 5.41) is 3.86. The molecule has 2 aliphatic rings. The quantitative estimate of drug-likeness (QED) is 0.851. The van der Waals surface area contributed by atoms with Gasteiger partial charge in [0.05, 0.1) is 28.2 Å². The highest BCUT2D eigenvalue weighted by molar-refractivity contribution is 6.42. The van der Waals surface area contributed by atoms with Gasteiger partial charge in [-0.3, -0.25) is 9.78 Å². The Labute approximate surface area is 156 Å². The summed E-state index contributed by atoms with van der Waals surface area (Å²) in [4.78, 5) is 17.2. The average Bonchev–Trinajstić information content (AvgIpc) is 3.19. The van der Waals surface area contributed by atoms with Crippen molar-refractivity contribution < 1.29 is 9.53 Å². The van der Waals surface area contributed by atoms with E-state index in [0.717, 1.165) is 24.1 Å². The van der Waals surface area contributed by atoms with Gasteiger partial charge in [-0.1, -0.05) is 23.2 Å². The molecule has 0 saturated carbocycles.